The van der Waals surface area contributed by atoms with E-state index in [1.807, 2.05) is 0 Å². The van der Waals surface area contributed by atoms with Gasteiger partial charge in [-0.25, -0.2) is 0 Å². The predicted octanol–water partition coefficient (Wildman–Crippen LogP) is -0.278. The Balaban J connectivity index is 0.000000250. The minimum absolute atomic E-state index is 0. The summed E-state index contributed by atoms with van der Waals surface area (Å²) in [6.45, 7) is 0.977. The molecule has 1 aliphatic rings. The van der Waals surface area contributed by atoms with Crippen molar-refractivity contribution in [1.82, 2.24) is 0 Å². The van der Waals surface area contributed by atoms with Crippen molar-refractivity contribution in [3.8, 4) is 0 Å². The van der Waals surface area contributed by atoms with E-state index in [2.05, 4.69) is 10.5 Å². The summed E-state index contributed by atoms with van der Waals surface area (Å²) in [5.41, 5.74) is 2.76. The molecule has 1 radical (unpaired) electrons. The molecule has 0 amide bonds. The molecule has 31 valence electrons. The van der Waals surface area contributed by atoms with E-state index in [1.54, 1.807) is 11.8 Å². The van der Waals surface area contributed by atoms with Crippen LogP contribution in [0.25, 0.3) is 0 Å². The fourth-order valence-electron chi connectivity index (χ4n) is 0.228. The van der Waals surface area contributed by atoms with Crippen LogP contribution in [0.1, 0.15) is 0 Å². The molecule has 0 saturated heterocycles. The topological polar surface area (TPSA) is 12.4 Å². The van der Waals surface area contributed by atoms with Gasteiger partial charge in [-0.3, -0.25) is 4.99 Å². The molecule has 0 aromatic heterocycles. The number of hydrogen-bond acceptors (Lipinski definition) is 2. The standard InChI is InChI=1S/C3H4NS.Ca.2H/c1-2-5-3-4-1;;;/h1-2H2;;;. The second-order valence-electron chi connectivity index (χ2n) is 0.821. The quantitative estimate of drug-likeness (QED) is 0.409. The van der Waals surface area contributed by atoms with Gasteiger partial charge in [0.1, 0.15) is 5.55 Å². The summed E-state index contributed by atoms with van der Waals surface area (Å²) < 4.78 is 0. The maximum absolute atomic E-state index is 3.80. The molecule has 6 heavy (non-hydrogen) atoms. The Hall–Kier alpha value is 1.28. The molecule has 0 N–H and O–H groups in total. The first-order chi connectivity index (χ1) is 2.50. The monoisotopic (exact) mass is 128 g/mol. The Morgan fingerprint density at radius 2 is 2.50 bits per heavy atom. The molecule has 1 aliphatic heterocycles. The summed E-state index contributed by atoms with van der Waals surface area (Å²) in [6.07, 6.45) is 0. The molecule has 0 bridgehead atoms. The van der Waals surface area contributed by atoms with Crippen LogP contribution in [0.15, 0.2) is 4.99 Å². The molecule has 1 nitrogen and oxygen atoms in total. The summed E-state index contributed by atoms with van der Waals surface area (Å²) >= 11 is 1.66. The maximum atomic E-state index is 3.80. The van der Waals surface area contributed by atoms with E-state index in [1.165, 1.54) is 0 Å². The third-order valence-electron chi connectivity index (χ3n) is 0.434. The van der Waals surface area contributed by atoms with Crippen molar-refractivity contribution in [3.05, 3.63) is 0 Å². The van der Waals surface area contributed by atoms with Crippen molar-refractivity contribution in [2.45, 2.75) is 0 Å². The fraction of sp³-hybridized carbons (Fsp3) is 0.667. The predicted molar refractivity (Wildman–Crippen MR) is 33.3 cm³/mol. The number of nitrogens with zero attached hydrogens (tertiary/aromatic N) is 1. The van der Waals surface area contributed by atoms with E-state index in [4.69, 9.17) is 0 Å². The van der Waals surface area contributed by atoms with Crippen molar-refractivity contribution >= 4 is 55.0 Å². The molecule has 0 spiro atoms. The van der Waals surface area contributed by atoms with Gasteiger partial charge in [0.2, 0.25) is 0 Å². The SMILES string of the molecule is [C]1=NCCS1.[CaH2]. The molecular formula is C3H6CaNS. The Morgan fingerprint density at radius 1 is 1.67 bits per heavy atom. The van der Waals surface area contributed by atoms with E-state index in [9.17, 15) is 0 Å². The van der Waals surface area contributed by atoms with Gasteiger partial charge >= 0.3 is 37.7 Å². The van der Waals surface area contributed by atoms with Crippen LogP contribution in [-0.4, -0.2) is 55.6 Å². The van der Waals surface area contributed by atoms with Crippen LogP contribution in [0.3, 0.4) is 0 Å². The van der Waals surface area contributed by atoms with Crippen molar-refractivity contribution in [2.24, 2.45) is 4.99 Å². The molecule has 0 saturated carbocycles. The third-order valence-corrected chi connectivity index (χ3v) is 1.08. The molecule has 3 heteroatoms. The van der Waals surface area contributed by atoms with Gasteiger partial charge in [-0.1, -0.05) is 0 Å². The number of aliphatic imine (C=N–C) groups is 1. The van der Waals surface area contributed by atoms with E-state index >= 15 is 0 Å². The van der Waals surface area contributed by atoms with Crippen LogP contribution in [0.5, 0.6) is 0 Å². The van der Waals surface area contributed by atoms with Gasteiger partial charge in [0, 0.05) is 12.3 Å². The second-order valence-corrected chi connectivity index (χ2v) is 1.70. The van der Waals surface area contributed by atoms with Crippen LogP contribution in [0.2, 0.25) is 0 Å². The fourth-order valence-corrected chi connectivity index (χ4v) is 0.685. The van der Waals surface area contributed by atoms with Crippen molar-refractivity contribution < 1.29 is 0 Å². The van der Waals surface area contributed by atoms with Crippen LogP contribution >= 0.6 is 11.8 Å². The zero-order chi connectivity index (χ0) is 3.54. The van der Waals surface area contributed by atoms with Gasteiger partial charge < -0.3 is 0 Å². The van der Waals surface area contributed by atoms with Crippen LogP contribution in [0.4, 0.5) is 0 Å². The van der Waals surface area contributed by atoms with E-state index < -0.39 is 0 Å². The molecule has 0 fully saturated rings. The van der Waals surface area contributed by atoms with Crippen molar-refractivity contribution in [1.29, 1.82) is 0 Å². The molecule has 0 unspecified atom stereocenters. The summed E-state index contributed by atoms with van der Waals surface area (Å²) in [7, 11) is 0. The van der Waals surface area contributed by atoms with Crippen molar-refractivity contribution in [2.75, 3.05) is 12.3 Å². The van der Waals surface area contributed by atoms with E-state index in [-0.39, 0.29) is 37.7 Å². The van der Waals surface area contributed by atoms with Gasteiger partial charge in [-0.2, -0.15) is 0 Å². The van der Waals surface area contributed by atoms with Crippen molar-refractivity contribution in [3.63, 3.8) is 0 Å². The van der Waals surface area contributed by atoms with Gasteiger partial charge in [0.15, 0.2) is 0 Å². The van der Waals surface area contributed by atoms with E-state index in [0.717, 1.165) is 12.3 Å². The third kappa shape index (κ3) is 2.45. The second kappa shape index (κ2) is 4.44. The first-order valence-corrected chi connectivity index (χ1v) is 2.52. The van der Waals surface area contributed by atoms with Crippen LogP contribution in [-0.2, 0) is 0 Å². The van der Waals surface area contributed by atoms with E-state index in [0.29, 0.717) is 0 Å². The first-order valence-electron chi connectivity index (χ1n) is 1.53. The Morgan fingerprint density at radius 3 is 2.67 bits per heavy atom. The zero-order valence-electron chi connectivity index (χ0n) is 2.77. The van der Waals surface area contributed by atoms with Gasteiger partial charge in [-0.15, -0.1) is 11.8 Å². The molecule has 0 atom stereocenters. The first kappa shape index (κ1) is 7.28. The average Bonchev–Trinajstić information content (AvgIpc) is 1.76. The molecule has 0 aliphatic carbocycles. The van der Waals surface area contributed by atoms with Gasteiger partial charge in [0.05, 0.1) is 0 Å². The molecule has 1 heterocycles. The number of rotatable bonds is 0. The molecule has 1 rings (SSSR count). The summed E-state index contributed by atoms with van der Waals surface area (Å²) in [6, 6.07) is 0. The summed E-state index contributed by atoms with van der Waals surface area (Å²) in [4.78, 5) is 3.80. The Labute approximate surface area is 71.6 Å². The van der Waals surface area contributed by atoms with Crippen LogP contribution < -0.4 is 0 Å². The Kier molecular flexibility index (Phi) is 5.39. The van der Waals surface area contributed by atoms with Crippen LogP contribution in [0, 0.1) is 0 Å². The summed E-state index contributed by atoms with van der Waals surface area (Å²) in [5.74, 6) is 1.14. The molecule has 0 aromatic rings. The number of hydrogen-bond donors (Lipinski definition) is 0. The Bertz CT molecular complexity index is 48.8. The minimum atomic E-state index is 0. The molecular weight excluding hydrogens is 122 g/mol. The van der Waals surface area contributed by atoms with Gasteiger partial charge in [0.25, 0.3) is 0 Å². The number of thioether (sulfide) groups is 1. The van der Waals surface area contributed by atoms with Gasteiger partial charge in [-0.05, 0) is 0 Å². The zero-order valence-corrected chi connectivity index (χ0v) is 3.59. The summed E-state index contributed by atoms with van der Waals surface area (Å²) in [5, 5.41) is 0. The normalized spacial score (nSPS) is 17.3. The molecule has 0 aromatic carbocycles. The average molecular weight is 128 g/mol.